The van der Waals surface area contributed by atoms with Crippen molar-refractivity contribution >= 4 is 41.3 Å². The average Bonchev–Trinajstić information content (AvgIpc) is 3.37. The fraction of sp³-hybridized carbons (Fsp3) is 0.409. The number of hydrogen-bond donors (Lipinski definition) is 1. The molecule has 31 heavy (non-hydrogen) atoms. The number of nitrogens with one attached hydrogen (secondary N) is 1. The molecule has 0 unspecified atom stereocenters. The molecule has 3 aromatic rings. The second kappa shape index (κ2) is 12.7. The quantitative estimate of drug-likeness (QED) is 0.248. The van der Waals surface area contributed by atoms with Crippen molar-refractivity contribution in [1.29, 1.82) is 0 Å². The molecule has 2 heterocycles. The van der Waals surface area contributed by atoms with E-state index in [1.54, 1.807) is 11.3 Å². The van der Waals surface area contributed by atoms with Gasteiger partial charge in [0.25, 0.3) is 0 Å². The molecular formula is C22H31IN6OS. The monoisotopic (exact) mass is 554 g/mol. The van der Waals surface area contributed by atoms with Crippen LogP contribution in [0.3, 0.4) is 0 Å². The summed E-state index contributed by atoms with van der Waals surface area (Å²) in [4.78, 5) is 8.23. The van der Waals surface area contributed by atoms with E-state index in [4.69, 9.17) is 9.73 Å². The average molecular weight is 555 g/mol. The molecule has 1 N–H and O–H groups in total. The molecule has 0 atom stereocenters. The lowest BCUT2D eigenvalue weighted by atomic mass is 10.2. The van der Waals surface area contributed by atoms with Gasteiger partial charge in [-0.15, -0.1) is 45.5 Å². The second-order valence-electron chi connectivity index (χ2n) is 7.20. The molecule has 9 heteroatoms. The third-order valence-corrected chi connectivity index (χ3v) is 5.80. The van der Waals surface area contributed by atoms with Crippen LogP contribution in [0.4, 0.5) is 0 Å². The molecule has 0 fully saturated rings. The molecule has 2 aromatic heterocycles. The normalized spacial score (nSPS) is 11.2. The summed E-state index contributed by atoms with van der Waals surface area (Å²) < 4.78 is 7.85. The van der Waals surface area contributed by atoms with Gasteiger partial charge in [0.05, 0.1) is 6.54 Å². The topological polar surface area (TPSA) is 67.6 Å². The van der Waals surface area contributed by atoms with Crippen LogP contribution in [0.5, 0.6) is 5.75 Å². The van der Waals surface area contributed by atoms with Crippen LogP contribution in [-0.2, 0) is 20.0 Å². The Bertz CT molecular complexity index is 940. The molecule has 0 spiro atoms. The first kappa shape index (κ1) is 25.1. The van der Waals surface area contributed by atoms with Crippen molar-refractivity contribution in [2.24, 2.45) is 12.0 Å². The molecule has 0 aliphatic rings. The van der Waals surface area contributed by atoms with Gasteiger partial charge < -0.3 is 19.5 Å². The zero-order valence-corrected chi connectivity index (χ0v) is 21.7. The molecule has 7 nitrogen and oxygen atoms in total. The molecule has 0 saturated heterocycles. The van der Waals surface area contributed by atoms with E-state index in [1.807, 2.05) is 37.7 Å². The number of thiophene rings is 1. The summed E-state index contributed by atoms with van der Waals surface area (Å²) in [6, 6.07) is 12.4. The van der Waals surface area contributed by atoms with Crippen LogP contribution in [0.2, 0.25) is 0 Å². The number of guanidine groups is 1. The summed E-state index contributed by atoms with van der Waals surface area (Å²) in [6.45, 7) is 6.60. The maximum absolute atomic E-state index is 5.88. The number of halogens is 1. The lowest BCUT2D eigenvalue weighted by molar-refractivity contribution is 0.281. The Morgan fingerprint density at radius 2 is 1.97 bits per heavy atom. The van der Waals surface area contributed by atoms with E-state index in [2.05, 4.69) is 57.0 Å². The van der Waals surface area contributed by atoms with E-state index in [9.17, 15) is 0 Å². The molecule has 0 saturated carbocycles. The zero-order chi connectivity index (χ0) is 21.3. The van der Waals surface area contributed by atoms with Crippen LogP contribution in [0.25, 0.3) is 0 Å². The number of nitrogens with zero attached hydrogens (tertiary/aromatic N) is 5. The van der Waals surface area contributed by atoms with Crippen molar-refractivity contribution in [3.63, 3.8) is 0 Å². The van der Waals surface area contributed by atoms with Gasteiger partial charge in [0.1, 0.15) is 24.7 Å². The van der Waals surface area contributed by atoms with Crippen LogP contribution in [0.1, 0.15) is 22.1 Å². The van der Waals surface area contributed by atoms with E-state index >= 15 is 0 Å². The Kier molecular flexibility index (Phi) is 10.3. The highest BCUT2D eigenvalue weighted by Crippen LogP contribution is 2.11. The van der Waals surface area contributed by atoms with Crippen molar-refractivity contribution in [2.75, 3.05) is 26.7 Å². The first-order chi connectivity index (χ1) is 14.5. The molecule has 0 radical (unpaired) electrons. The number of ether oxygens (including phenoxy) is 1. The number of aryl methyl sites for hydroxylation is 2. The van der Waals surface area contributed by atoms with Gasteiger partial charge in [-0.25, -0.2) is 4.99 Å². The smallest absolute Gasteiger partial charge is 0.194 e. The highest BCUT2D eigenvalue weighted by molar-refractivity contribution is 14.0. The van der Waals surface area contributed by atoms with E-state index in [1.165, 1.54) is 10.4 Å². The first-order valence-electron chi connectivity index (χ1n) is 10.1. The lowest BCUT2D eigenvalue weighted by Gasteiger charge is -2.22. The minimum atomic E-state index is 0. The molecule has 1 aromatic carbocycles. The fourth-order valence-corrected chi connectivity index (χ4v) is 3.55. The number of benzene rings is 1. The van der Waals surface area contributed by atoms with E-state index in [-0.39, 0.29) is 24.0 Å². The summed E-state index contributed by atoms with van der Waals surface area (Å²) in [5, 5.41) is 13.9. The summed E-state index contributed by atoms with van der Waals surface area (Å²) in [6.07, 6.45) is 0.966. The van der Waals surface area contributed by atoms with Crippen molar-refractivity contribution in [3.8, 4) is 5.75 Å². The molecular weight excluding hydrogens is 523 g/mol. The minimum Gasteiger partial charge on any atom is -0.492 e. The van der Waals surface area contributed by atoms with Gasteiger partial charge in [-0.05, 0) is 43.8 Å². The number of likely N-dealkylation sites (N-methyl/N-ethyl adjacent to an activating group) is 1. The summed E-state index contributed by atoms with van der Waals surface area (Å²) in [5.41, 5.74) is 1.22. The number of aliphatic imine (C=N–C) groups is 1. The highest BCUT2D eigenvalue weighted by atomic mass is 127. The molecule has 3 rings (SSSR count). The highest BCUT2D eigenvalue weighted by Gasteiger charge is 2.09. The van der Waals surface area contributed by atoms with E-state index in [0.29, 0.717) is 13.2 Å². The van der Waals surface area contributed by atoms with Crippen molar-refractivity contribution in [3.05, 3.63) is 63.9 Å². The zero-order valence-electron chi connectivity index (χ0n) is 18.5. The number of hydrogen-bond acceptors (Lipinski definition) is 5. The SMILES string of the molecule is Cc1ccc(OCCN(C)C(=NCc2nnc(C)n2C)NCCc2cccs2)cc1.I. The van der Waals surface area contributed by atoms with Gasteiger partial charge in [0.2, 0.25) is 0 Å². The van der Waals surface area contributed by atoms with Crippen LogP contribution in [0, 0.1) is 13.8 Å². The summed E-state index contributed by atoms with van der Waals surface area (Å²) >= 11 is 1.78. The fourth-order valence-electron chi connectivity index (χ4n) is 2.84. The first-order valence-corrected chi connectivity index (χ1v) is 11.0. The van der Waals surface area contributed by atoms with Gasteiger partial charge in [0, 0.05) is 25.5 Å². The van der Waals surface area contributed by atoms with Gasteiger partial charge in [0.15, 0.2) is 11.8 Å². The summed E-state index contributed by atoms with van der Waals surface area (Å²) in [7, 11) is 3.99. The predicted octanol–water partition coefficient (Wildman–Crippen LogP) is 3.81. The molecule has 168 valence electrons. The van der Waals surface area contributed by atoms with E-state index < -0.39 is 0 Å². The van der Waals surface area contributed by atoms with Crippen molar-refractivity contribution < 1.29 is 4.74 Å². The second-order valence-corrected chi connectivity index (χ2v) is 8.23. The van der Waals surface area contributed by atoms with Gasteiger partial charge >= 0.3 is 0 Å². The largest absolute Gasteiger partial charge is 0.492 e. The van der Waals surface area contributed by atoms with Crippen LogP contribution >= 0.6 is 35.3 Å². The van der Waals surface area contributed by atoms with Crippen molar-refractivity contribution in [1.82, 2.24) is 25.0 Å². The van der Waals surface area contributed by atoms with Gasteiger partial charge in [-0.1, -0.05) is 23.8 Å². The predicted molar refractivity (Wildman–Crippen MR) is 138 cm³/mol. The van der Waals surface area contributed by atoms with Crippen LogP contribution < -0.4 is 10.1 Å². The Morgan fingerprint density at radius 1 is 1.19 bits per heavy atom. The summed E-state index contributed by atoms with van der Waals surface area (Å²) in [5.74, 6) is 3.44. The molecule has 0 amide bonds. The maximum atomic E-state index is 5.88. The Hall–Kier alpha value is -2.14. The molecule has 0 bridgehead atoms. The Labute approximate surface area is 205 Å². The standard InChI is InChI=1S/C22H30N6OS.HI/c1-17-7-9-19(10-8-17)29-14-13-27(3)22(23-12-11-20-6-5-15-30-20)24-16-21-26-25-18(2)28(21)4;/h5-10,15H,11-14,16H2,1-4H3,(H,23,24);1H. The number of rotatable bonds is 9. The molecule has 0 aliphatic carbocycles. The molecule has 0 aliphatic heterocycles. The van der Waals surface area contributed by atoms with Gasteiger partial charge in [-0.3, -0.25) is 0 Å². The maximum Gasteiger partial charge on any atom is 0.194 e. The third kappa shape index (κ3) is 7.80. The van der Waals surface area contributed by atoms with E-state index in [0.717, 1.165) is 42.9 Å². The van der Waals surface area contributed by atoms with Crippen LogP contribution in [0.15, 0.2) is 46.8 Å². The van der Waals surface area contributed by atoms with Crippen LogP contribution in [-0.4, -0.2) is 52.4 Å². The lowest BCUT2D eigenvalue weighted by Crippen LogP contribution is -2.41. The Morgan fingerprint density at radius 3 is 2.61 bits per heavy atom. The van der Waals surface area contributed by atoms with Gasteiger partial charge in [-0.2, -0.15) is 0 Å². The Balaban J connectivity index is 0.00000341. The minimum absolute atomic E-state index is 0. The number of aromatic nitrogens is 3. The third-order valence-electron chi connectivity index (χ3n) is 4.87. The van der Waals surface area contributed by atoms with Crippen molar-refractivity contribution in [2.45, 2.75) is 26.8 Å².